The highest BCUT2D eigenvalue weighted by Crippen LogP contribution is 2.28. The number of hydrogen-bond acceptors (Lipinski definition) is 2. The number of hydrogen-bond donors (Lipinski definition) is 2. The molecule has 22 heavy (non-hydrogen) atoms. The summed E-state index contributed by atoms with van der Waals surface area (Å²) in [7, 11) is 0. The fourth-order valence-electron chi connectivity index (χ4n) is 3.35. The van der Waals surface area contributed by atoms with Crippen LogP contribution in [0.5, 0.6) is 0 Å². The minimum absolute atomic E-state index is 0.0329. The molecule has 0 atom stereocenters. The molecule has 0 amide bonds. The Bertz CT molecular complexity index is 379. The summed E-state index contributed by atoms with van der Waals surface area (Å²) in [4.78, 5) is 24.0. The van der Waals surface area contributed by atoms with Crippen molar-refractivity contribution in [2.45, 2.75) is 41.5 Å². The maximum atomic E-state index is 12.0. The highest BCUT2D eigenvalue weighted by atomic mass is 16.4. The predicted octanol–water partition coefficient (Wildman–Crippen LogP) is 2.12. The van der Waals surface area contributed by atoms with Crippen molar-refractivity contribution in [3.8, 4) is 0 Å². The van der Waals surface area contributed by atoms with Crippen LogP contribution < -0.4 is 0 Å². The predicted molar refractivity (Wildman–Crippen MR) is 86.1 cm³/mol. The molecule has 2 N–H and O–H groups in total. The number of aliphatic carboxylic acids is 2. The zero-order valence-corrected chi connectivity index (χ0v) is 14.8. The van der Waals surface area contributed by atoms with E-state index in [0.717, 1.165) is 0 Å². The normalized spacial score (nSPS) is 13.7. The number of rotatable bonds is 10. The quantitative estimate of drug-likeness (QED) is 0.478. The lowest BCUT2D eigenvalue weighted by Crippen LogP contribution is -2.56. The SMILES string of the molecule is CC[N+](CC)(CC)/C(C(=O)O)=C(/C(=O)O)[N+](CC)(CC)CC. The van der Waals surface area contributed by atoms with Crippen LogP contribution in [0.3, 0.4) is 0 Å². The van der Waals surface area contributed by atoms with Crippen molar-refractivity contribution < 1.29 is 28.8 Å². The Labute approximate surface area is 133 Å². The molecule has 0 aliphatic carbocycles. The van der Waals surface area contributed by atoms with Crippen molar-refractivity contribution in [1.82, 2.24) is 0 Å². The molecule has 128 valence electrons. The number of likely N-dealkylation sites (N-methyl/N-ethyl adjacent to an activating group) is 2. The fraction of sp³-hybridized carbons (Fsp3) is 0.750. The molecule has 0 heterocycles. The first-order chi connectivity index (χ1) is 10.3. The first kappa shape index (κ1) is 20.6. The van der Waals surface area contributed by atoms with Gasteiger partial charge in [-0.3, -0.25) is 8.97 Å². The lowest BCUT2D eigenvalue weighted by atomic mass is 10.1. The summed E-state index contributed by atoms with van der Waals surface area (Å²) in [6.45, 7) is 14.8. The maximum absolute atomic E-state index is 12.0. The lowest BCUT2D eigenvalue weighted by Gasteiger charge is -2.40. The summed E-state index contributed by atoms with van der Waals surface area (Å²) in [6.07, 6.45) is 0. The van der Waals surface area contributed by atoms with Gasteiger partial charge in [0.1, 0.15) is 0 Å². The lowest BCUT2D eigenvalue weighted by molar-refractivity contribution is -0.913. The summed E-state index contributed by atoms with van der Waals surface area (Å²) in [5, 5.41) is 19.6. The van der Waals surface area contributed by atoms with Crippen LogP contribution in [0.1, 0.15) is 41.5 Å². The number of carboxylic acid groups (broad SMARTS) is 2. The Balaban J connectivity index is 6.82. The van der Waals surface area contributed by atoms with Gasteiger partial charge in [0.2, 0.25) is 0 Å². The summed E-state index contributed by atoms with van der Waals surface area (Å²) in [5.74, 6) is -2.25. The Morgan fingerprint density at radius 1 is 0.591 bits per heavy atom. The van der Waals surface area contributed by atoms with Gasteiger partial charge in [0.15, 0.2) is 0 Å². The van der Waals surface area contributed by atoms with Crippen LogP contribution in [0.25, 0.3) is 0 Å². The summed E-state index contributed by atoms with van der Waals surface area (Å²) >= 11 is 0. The van der Waals surface area contributed by atoms with Crippen molar-refractivity contribution in [2.75, 3.05) is 39.3 Å². The highest BCUT2D eigenvalue weighted by molar-refractivity contribution is 5.95. The van der Waals surface area contributed by atoms with Crippen molar-refractivity contribution in [3.05, 3.63) is 11.4 Å². The molecule has 0 saturated heterocycles. The van der Waals surface area contributed by atoms with Gasteiger partial charge in [-0.2, -0.15) is 0 Å². The summed E-state index contributed by atoms with van der Waals surface area (Å²) in [5.41, 5.74) is 0.0658. The van der Waals surface area contributed by atoms with E-state index in [1.165, 1.54) is 0 Å². The van der Waals surface area contributed by atoms with Gasteiger partial charge in [-0.25, -0.2) is 9.59 Å². The first-order valence-electron chi connectivity index (χ1n) is 8.19. The monoisotopic (exact) mass is 316 g/mol. The maximum Gasteiger partial charge on any atom is 0.397 e. The summed E-state index contributed by atoms with van der Waals surface area (Å²) < 4.78 is 0.355. The Morgan fingerprint density at radius 3 is 0.864 bits per heavy atom. The minimum Gasteiger partial charge on any atom is -0.474 e. The molecule has 6 nitrogen and oxygen atoms in total. The number of carboxylic acids is 2. The zero-order valence-electron chi connectivity index (χ0n) is 14.8. The largest absolute Gasteiger partial charge is 0.474 e. The number of quaternary nitrogens is 2. The molecule has 0 aromatic carbocycles. The molecule has 0 radical (unpaired) electrons. The van der Waals surface area contributed by atoms with Crippen LogP contribution in [0.15, 0.2) is 11.4 Å². The fourth-order valence-corrected chi connectivity index (χ4v) is 3.35. The molecule has 0 aromatic heterocycles. The average molecular weight is 316 g/mol. The molecular formula is C16H32N2O4+2. The van der Waals surface area contributed by atoms with E-state index in [1.807, 2.05) is 41.5 Å². The van der Waals surface area contributed by atoms with Gasteiger partial charge < -0.3 is 10.2 Å². The average Bonchev–Trinajstić information content (AvgIpc) is 2.51. The Morgan fingerprint density at radius 2 is 0.773 bits per heavy atom. The molecule has 0 bridgehead atoms. The summed E-state index contributed by atoms with van der Waals surface area (Å²) in [6, 6.07) is 0. The third kappa shape index (κ3) is 3.50. The van der Waals surface area contributed by atoms with Crippen LogP contribution in [0.4, 0.5) is 0 Å². The molecule has 0 saturated carbocycles. The van der Waals surface area contributed by atoms with Crippen LogP contribution >= 0.6 is 0 Å². The minimum atomic E-state index is -1.12. The third-order valence-electron chi connectivity index (χ3n) is 5.21. The van der Waals surface area contributed by atoms with Gasteiger partial charge in [0, 0.05) is 0 Å². The van der Waals surface area contributed by atoms with E-state index >= 15 is 0 Å². The van der Waals surface area contributed by atoms with Gasteiger partial charge in [-0.15, -0.1) is 0 Å². The van der Waals surface area contributed by atoms with E-state index in [0.29, 0.717) is 39.3 Å². The van der Waals surface area contributed by atoms with E-state index in [-0.39, 0.29) is 20.4 Å². The Hall–Kier alpha value is -1.40. The van der Waals surface area contributed by atoms with Gasteiger partial charge in [-0.05, 0) is 41.5 Å². The number of carbonyl (C=O) groups is 2. The standard InChI is InChI=1S/C16H30N2O4/c1-7-17(8-2,9-3)13(15(19)20)14(16(21)22)18(10-4,11-5)12-6/h7-12H2,1-6H3/p+2/b14-13-. The van der Waals surface area contributed by atoms with Crippen molar-refractivity contribution in [3.63, 3.8) is 0 Å². The molecule has 0 unspecified atom stereocenters. The van der Waals surface area contributed by atoms with Gasteiger partial charge in [0.05, 0.1) is 39.3 Å². The second-order valence-electron chi connectivity index (χ2n) is 5.50. The van der Waals surface area contributed by atoms with Crippen LogP contribution in [0.2, 0.25) is 0 Å². The van der Waals surface area contributed by atoms with Crippen LogP contribution in [-0.4, -0.2) is 70.4 Å². The van der Waals surface area contributed by atoms with Gasteiger partial charge >= 0.3 is 11.9 Å². The van der Waals surface area contributed by atoms with E-state index < -0.39 is 11.9 Å². The smallest absolute Gasteiger partial charge is 0.397 e. The van der Waals surface area contributed by atoms with Gasteiger partial charge in [0.25, 0.3) is 11.4 Å². The van der Waals surface area contributed by atoms with Crippen LogP contribution in [-0.2, 0) is 9.59 Å². The molecule has 6 heteroatoms. The van der Waals surface area contributed by atoms with E-state index in [1.54, 1.807) is 0 Å². The molecule has 0 fully saturated rings. The molecule has 0 aromatic rings. The van der Waals surface area contributed by atoms with E-state index in [4.69, 9.17) is 0 Å². The second kappa shape index (κ2) is 8.29. The highest BCUT2D eigenvalue weighted by Gasteiger charge is 2.47. The molecule has 0 rings (SSSR count). The molecule has 0 aliphatic rings. The molecule has 0 aliphatic heterocycles. The van der Waals surface area contributed by atoms with Crippen molar-refractivity contribution in [2.24, 2.45) is 0 Å². The second-order valence-corrected chi connectivity index (χ2v) is 5.50. The molecule has 0 spiro atoms. The first-order valence-corrected chi connectivity index (χ1v) is 8.19. The van der Waals surface area contributed by atoms with Crippen molar-refractivity contribution in [1.29, 1.82) is 0 Å². The topological polar surface area (TPSA) is 74.6 Å². The van der Waals surface area contributed by atoms with Crippen molar-refractivity contribution >= 4 is 11.9 Å². The van der Waals surface area contributed by atoms with E-state index in [9.17, 15) is 19.8 Å². The molecular weight excluding hydrogens is 284 g/mol. The zero-order chi connectivity index (χ0) is 17.6. The Kier molecular flexibility index (Phi) is 7.76. The van der Waals surface area contributed by atoms with Crippen LogP contribution in [0, 0.1) is 0 Å². The third-order valence-corrected chi connectivity index (χ3v) is 5.21. The number of nitrogens with zero attached hydrogens (tertiary/aromatic N) is 2. The van der Waals surface area contributed by atoms with Gasteiger partial charge in [-0.1, -0.05) is 0 Å². The van der Waals surface area contributed by atoms with E-state index in [2.05, 4.69) is 0 Å².